The monoisotopic (exact) mass is 333 g/mol. The van der Waals surface area contributed by atoms with Crippen LogP contribution in [0.25, 0.3) is 0 Å². The van der Waals surface area contributed by atoms with Gasteiger partial charge in [-0.15, -0.1) is 0 Å². The lowest BCUT2D eigenvalue weighted by atomic mass is 10.2. The molecule has 3 rings (SSSR count). The van der Waals surface area contributed by atoms with Gasteiger partial charge in [0.1, 0.15) is 6.10 Å². The highest BCUT2D eigenvalue weighted by molar-refractivity contribution is 7.89. The van der Waals surface area contributed by atoms with E-state index in [2.05, 4.69) is 9.97 Å². The van der Waals surface area contributed by atoms with Gasteiger partial charge in [0.15, 0.2) is 5.82 Å². The van der Waals surface area contributed by atoms with Crippen LogP contribution in [0.3, 0.4) is 0 Å². The van der Waals surface area contributed by atoms with E-state index in [1.54, 1.807) is 37.4 Å². The van der Waals surface area contributed by atoms with E-state index in [-0.39, 0.29) is 6.54 Å². The molecule has 23 heavy (non-hydrogen) atoms. The van der Waals surface area contributed by atoms with E-state index in [0.717, 1.165) is 11.3 Å². The molecule has 122 valence electrons. The van der Waals surface area contributed by atoms with Crippen molar-refractivity contribution in [2.75, 3.05) is 19.7 Å². The van der Waals surface area contributed by atoms with E-state index in [1.807, 2.05) is 13.0 Å². The smallest absolute Gasteiger partial charge is 0.243 e. The lowest BCUT2D eigenvalue weighted by molar-refractivity contribution is -0.00762. The molecule has 1 aliphatic heterocycles. The molecule has 2 aromatic rings. The first-order valence-electron chi connectivity index (χ1n) is 7.45. The van der Waals surface area contributed by atoms with E-state index in [1.165, 1.54) is 4.31 Å². The van der Waals surface area contributed by atoms with Crippen molar-refractivity contribution in [3.8, 4) is 0 Å². The largest absolute Gasteiger partial charge is 0.367 e. The van der Waals surface area contributed by atoms with Gasteiger partial charge in [0.05, 0.1) is 11.5 Å². The van der Waals surface area contributed by atoms with Gasteiger partial charge in [0, 0.05) is 25.0 Å². The molecular formula is C16H19N3O3S. The van der Waals surface area contributed by atoms with Crippen LogP contribution >= 0.6 is 0 Å². The van der Waals surface area contributed by atoms with Gasteiger partial charge in [-0.05, 0) is 31.5 Å². The number of hydrogen-bond donors (Lipinski definition) is 0. The number of aryl methyl sites for hydroxylation is 2. The Bertz CT molecular complexity index is 808. The van der Waals surface area contributed by atoms with Gasteiger partial charge in [-0.25, -0.2) is 18.4 Å². The SMILES string of the molecule is Cc1ccnc(C2CN(S(=O)(=O)c3ccccc3C)CCO2)n1. The molecule has 0 aliphatic carbocycles. The molecule has 1 unspecified atom stereocenters. The summed E-state index contributed by atoms with van der Waals surface area (Å²) in [7, 11) is -3.55. The maximum Gasteiger partial charge on any atom is 0.243 e. The summed E-state index contributed by atoms with van der Waals surface area (Å²) in [4.78, 5) is 8.90. The zero-order chi connectivity index (χ0) is 16.4. The second kappa shape index (κ2) is 6.35. The summed E-state index contributed by atoms with van der Waals surface area (Å²) in [6.07, 6.45) is 1.22. The predicted octanol–water partition coefficient (Wildman–Crippen LogP) is 1.86. The number of hydrogen-bond acceptors (Lipinski definition) is 5. The summed E-state index contributed by atoms with van der Waals surface area (Å²) in [5.74, 6) is 0.523. The Morgan fingerprint density at radius 3 is 2.74 bits per heavy atom. The van der Waals surface area contributed by atoms with Gasteiger partial charge < -0.3 is 4.74 Å². The van der Waals surface area contributed by atoms with Gasteiger partial charge in [-0.3, -0.25) is 0 Å². The molecule has 0 saturated carbocycles. The average molecular weight is 333 g/mol. The molecule has 0 spiro atoms. The van der Waals surface area contributed by atoms with Crippen molar-refractivity contribution in [1.29, 1.82) is 0 Å². The van der Waals surface area contributed by atoms with E-state index in [9.17, 15) is 8.42 Å². The zero-order valence-electron chi connectivity index (χ0n) is 13.1. The van der Waals surface area contributed by atoms with Crippen molar-refractivity contribution >= 4 is 10.0 Å². The first-order chi connectivity index (χ1) is 11.0. The fourth-order valence-corrected chi connectivity index (χ4v) is 4.26. The highest BCUT2D eigenvalue weighted by atomic mass is 32.2. The Morgan fingerprint density at radius 1 is 1.22 bits per heavy atom. The van der Waals surface area contributed by atoms with Crippen LogP contribution in [0.15, 0.2) is 41.4 Å². The molecular weight excluding hydrogens is 314 g/mol. The van der Waals surface area contributed by atoms with Gasteiger partial charge in [-0.1, -0.05) is 18.2 Å². The molecule has 1 aliphatic rings. The number of morpholine rings is 1. The summed E-state index contributed by atoms with van der Waals surface area (Å²) >= 11 is 0. The van der Waals surface area contributed by atoms with Crippen LogP contribution in [0.5, 0.6) is 0 Å². The van der Waals surface area contributed by atoms with E-state index < -0.39 is 16.1 Å². The normalized spacial score (nSPS) is 19.7. The number of aromatic nitrogens is 2. The molecule has 0 N–H and O–H groups in total. The van der Waals surface area contributed by atoms with Crippen LogP contribution in [0.2, 0.25) is 0 Å². The van der Waals surface area contributed by atoms with Gasteiger partial charge in [-0.2, -0.15) is 4.31 Å². The molecule has 0 amide bonds. The lowest BCUT2D eigenvalue weighted by Gasteiger charge is -2.31. The highest BCUT2D eigenvalue weighted by Gasteiger charge is 2.33. The van der Waals surface area contributed by atoms with Gasteiger partial charge >= 0.3 is 0 Å². The summed E-state index contributed by atoms with van der Waals surface area (Å²) in [6.45, 7) is 4.55. The van der Waals surface area contributed by atoms with Gasteiger partial charge in [0.2, 0.25) is 10.0 Å². The average Bonchev–Trinajstić information content (AvgIpc) is 2.55. The minimum atomic E-state index is -3.55. The maximum atomic E-state index is 12.9. The highest BCUT2D eigenvalue weighted by Crippen LogP contribution is 2.26. The van der Waals surface area contributed by atoms with Crippen LogP contribution in [-0.4, -0.2) is 42.4 Å². The quantitative estimate of drug-likeness (QED) is 0.857. The number of nitrogens with zero attached hydrogens (tertiary/aromatic N) is 3. The standard InChI is InChI=1S/C16H19N3O3S/c1-12-5-3-4-6-15(12)23(20,21)19-9-10-22-14(11-19)16-17-8-7-13(2)18-16/h3-8,14H,9-11H2,1-2H3. The van der Waals surface area contributed by atoms with Crippen LogP contribution in [0, 0.1) is 13.8 Å². The molecule has 1 atom stereocenters. The van der Waals surface area contributed by atoms with Crippen LogP contribution in [-0.2, 0) is 14.8 Å². The molecule has 6 nitrogen and oxygen atoms in total. The van der Waals surface area contributed by atoms with Crippen LogP contribution in [0.4, 0.5) is 0 Å². The van der Waals surface area contributed by atoms with Crippen molar-refractivity contribution in [1.82, 2.24) is 14.3 Å². The Balaban J connectivity index is 1.88. The predicted molar refractivity (Wildman–Crippen MR) is 85.4 cm³/mol. The number of ether oxygens (including phenoxy) is 1. The van der Waals surface area contributed by atoms with E-state index in [4.69, 9.17) is 4.74 Å². The minimum Gasteiger partial charge on any atom is -0.367 e. The van der Waals surface area contributed by atoms with Crippen molar-refractivity contribution in [3.05, 3.63) is 53.6 Å². The fourth-order valence-electron chi connectivity index (χ4n) is 2.61. The lowest BCUT2D eigenvalue weighted by Crippen LogP contribution is -2.42. The van der Waals surface area contributed by atoms with Crippen LogP contribution < -0.4 is 0 Å². The molecule has 0 radical (unpaired) electrons. The fraction of sp³-hybridized carbons (Fsp3) is 0.375. The number of sulfonamides is 1. The zero-order valence-corrected chi connectivity index (χ0v) is 14.0. The second-order valence-corrected chi connectivity index (χ2v) is 7.45. The molecule has 0 bridgehead atoms. The second-order valence-electron chi connectivity index (χ2n) is 5.54. The van der Waals surface area contributed by atoms with Gasteiger partial charge in [0.25, 0.3) is 0 Å². The Hall–Kier alpha value is -1.83. The van der Waals surface area contributed by atoms with Crippen molar-refractivity contribution in [2.24, 2.45) is 0 Å². The van der Waals surface area contributed by atoms with E-state index in [0.29, 0.717) is 23.9 Å². The van der Waals surface area contributed by atoms with E-state index >= 15 is 0 Å². The van der Waals surface area contributed by atoms with Crippen molar-refractivity contribution in [2.45, 2.75) is 24.8 Å². The summed E-state index contributed by atoms with van der Waals surface area (Å²) < 4.78 is 32.9. The molecule has 1 aromatic heterocycles. The molecule has 1 aromatic carbocycles. The first kappa shape index (κ1) is 16.0. The Labute approximate surface area is 136 Å². The Morgan fingerprint density at radius 2 is 2.00 bits per heavy atom. The van der Waals surface area contributed by atoms with Crippen molar-refractivity contribution < 1.29 is 13.2 Å². The van der Waals surface area contributed by atoms with Crippen molar-refractivity contribution in [3.63, 3.8) is 0 Å². The third-order valence-electron chi connectivity index (χ3n) is 3.84. The Kier molecular flexibility index (Phi) is 4.43. The summed E-state index contributed by atoms with van der Waals surface area (Å²) in [5.41, 5.74) is 1.57. The topological polar surface area (TPSA) is 72.4 Å². The first-order valence-corrected chi connectivity index (χ1v) is 8.89. The minimum absolute atomic E-state index is 0.222. The van der Waals surface area contributed by atoms with Crippen LogP contribution in [0.1, 0.15) is 23.2 Å². The molecule has 1 fully saturated rings. The molecule has 1 saturated heterocycles. The summed E-state index contributed by atoms with van der Waals surface area (Å²) in [6, 6.07) is 8.81. The summed E-state index contributed by atoms with van der Waals surface area (Å²) in [5, 5.41) is 0. The third-order valence-corrected chi connectivity index (χ3v) is 5.87. The maximum absolute atomic E-state index is 12.9. The third kappa shape index (κ3) is 3.26. The molecule has 7 heteroatoms. The number of benzene rings is 1. The molecule has 2 heterocycles. The number of rotatable bonds is 3.